The summed E-state index contributed by atoms with van der Waals surface area (Å²) in [5.41, 5.74) is -1.08. The molecular formula is C14H16F3N3O. The Hall–Kier alpha value is -1.97. The fourth-order valence-electron chi connectivity index (χ4n) is 2.45. The van der Waals surface area contributed by atoms with E-state index in [0.29, 0.717) is 13.1 Å². The van der Waals surface area contributed by atoms with Crippen LogP contribution in [0.2, 0.25) is 0 Å². The van der Waals surface area contributed by atoms with Gasteiger partial charge >= 0.3 is 6.18 Å². The van der Waals surface area contributed by atoms with Crippen molar-refractivity contribution in [1.82, 2.24) is 4.98 Å². The first-order chi connectivity index (χ1) is 9.97. The van der Waals surface area contributed by atoms with Crippen molar-refractivity contribution >= 4 is 5.82 Å². The van der Waals surface area contributed by atoms with Crippen LogP contribution in [0.15, 0.2) is 6.07 Å². The lowest BCUT2D eigenvalue weighted by Gasteiger charge is -2.24. The van der Waals surface area contributed by atoms with Gasteiger partial charge < -0.3 is 9.64 Å². The van der Waals surface area contributed by atoms with Crippen LogP contribution in [0.1, 0.15) is 36.8 Å². The number of aromatic nitrogens is 1. The molecule has 0 aromatic carbocycles. The van der Waals surface area contributed by atoms with E-state index in [1.165, 1.54) is 0 Å². The molecule has 1 saturated heterocycles. The number of halogens is 3. The number of nitrogens with zero attached hydrogens (tertiary/aromatic N) is 3. The Kier molecular flexibility index (Phi) is 4.56. The van der Waals surface area contributed by atoms with Crippen LogP contribution in [0.5, 0.6) is 5.88 Å². The van der Waals surface area contributed by atoms with Crippen molar-refractivity contribution in [3.63, 3.8) is 0 Å². The number of methoxy groups -OCH3 is 1. The second-order valence-corrected chi connectivity index (χ2v) is 4.93. The average molecular weight is 299 g/mol. The molecule has 0 radical (unpaired) electrons. The molecule has 1 aromatic rings. The molecular weight excluding hydrogens is 283 g/mol. The van der Waals surface area contributed by atoms with Gasteiger partial charge in [-0.2, -0.15) is 23.4 Å². The predicted octanol–water partition coefficient (Wildman–Crippen LogP) is 3.36. The number of anilines is 1. The highest BCUT2D eigenvalue weighted by atomic mass is 19.4. The molecule has 0 aliphatic carbocycles. The third kappa shape index (κ3) is 3.38. The van der Waals surface area contributed by atoms with Gasteiger partial charge in [0.15, 0.2) is 5.82 Å². The number of hydrogen-bond donors (Lipinski definition) is 0. The standard InChI is InChI=1S/C14H16F3N3O/c1-21-13-11(14(15,16)17)8-10(9-18)12(19-13)20-6-4-2-3-5-7-20/h8H,2-7H2,1H3. The summed E-state index contributed by atoms with van der Waals surface area (Å²) in [6.45, 7) is 1.38. The summed E-state index contributed by atoms with van der Waals surface area (Å²) in [7, 11) is 1.15. The minimum atomic E-state index is -4.60. The number of pyridine rings is 1. The molecule has 2 heterocycles. The molecule has 0 N–H and O–H groups in total. The fraction of sp³-hybridized carbons (Fsp3) is 0.571. The van der Waals surface area contributed by atoms with Gasteiger partial charge in [0, 0.05) is 13.1 Å². The Balaban J connectivity index is 2.48. The molecule has 21 heavy (non-hydrogen) atoms. The average Bonchev–Trinajstić information content (AvgIpc) is 2.73. The predicted molar refractivity (Wildman–Crippen MR) is 71.2 cm³/mol. The van der Waals surface area contributed by atoms with E-state index in [2.05, 4.69) is 4.98 Å². The molecule has 114 valence electrons. The number of ether oxygens (including phenoxy) is 1. The zero-order chi connectivity index (χ0) is 15.5. The monoisotopic (exact) mass is 299 g/mol. The first kappa shape index (κ1) is 15.4. The van der Waals surface area contributed by atoms with Crippen molar-refractivity contribution in [1.29, 1.82) is 5.26 Å². The highest BCUT2D eigenvalue weighted by Crippen LogP contribution is 2.38. The summed E-state index contributed by atoms with van der Waals surface area (Å²) >= 11 is 0. The maximum absolute atomic E-state index is 12.9. The van der Waals surface area contributed by atoms with Gasteiger partial charge in [0.25, 0.3) is 0 Å². The Morgan fingerprint density at radius 3 is 2.33 bits per heavy atom. The van der Waals surface area contributed by atoms with Gasteiger partial charge in [-0.1, -0.05) is 12.8 Å². The van der Waals surface area contributed by atoms with Crippen molar-refractivity contribution in [2.24, 2.45) is 0 Å². The molecule has 0 unspecified atom stereocenters. The maximum atomic E-state index is 12.9. The second kappa shape index (κ2) is 6.20. The van der Waals surface area contributed by atoms with Crippen LogP contribution in [-0.4, -0.2) is 25.2 Å². The Bertz CT molecular complexity index is 544. The Morgan fingerprint density at radius 1 is 1.24 bits per heavy atom. The highest BCUT2D eigenvalue weighted by molar-refractivity contribution is 5.58. The normalized spacial score (nSPS) is 16.2. The van der Waals surface area contributed by atoms with E-state index < -0.39 is 17.6 Å². The quantitative estimate of drug-likeness (QED) is 0.840. The smallest absolute Gasteiger partial charge is 0.421 e. The molecule has 0 atom stereocenters. The van der Waals surface area contributed by atoms with Crippen molar-refractivity contribution in [3.8, 4) is 11.9 Å². The van der Waals surface area contributed by atoms with E-state index in [1.54, 1.807) is 0 Å². The number of rotatable bonds is 2. The zero-order valence-electron chi connectivity index (χ0n) is 11.7. The van der Waals surface area contributed by atoms with Gasteiger partial charge in [0.2, 0.25) is 5.88 Å². The highest BCUT2D eigenvalue weighted by Gasteiger charge is 2.37. The van der Waals surface area contributed by atoms with Gasteiger partial charge in [-0.05, 0) is 18.9 Å². The minimum absolute atomic E-state index is 0.0648. The third-order valence-electron chi connectivity index (χ3n) is 3.49. The van der Waals surface area contributed by atoms with Crippen LogP contribution >= 0.6 is 0 Å². The van der Waals surface area contributed by atoms with Gasteiger partial charge in [0.05, 0.1) is 12.7 Å². The van der Waals surface area contributed by atoms with Gasteiger partial charge in [-0.3, -0.25) is 0 Å². The van der Waals surface area contributed by atoms with Gasteiger partial charge in [0.1, 0.15) is 11.6 Å². The lowest BCUT2D eigenvalue weighted by atomic mass is 10.1. The minimum Gasteiger partial charge on any atom is -0.481 e. The molecule has 1 fully saturated rings. The summed E-state index contributed by atoms with van der Waals surface area (Å²) in [6.07, 6.45) is -0.556. The third-order valence-corrected chi connectivity index (χ3v) is 3.49. The van der Waals surface area contributed by atoms with E-state index in [-0.39, 0.29) is 11.4 Å². The van der Waals surface area contributed by atoms with E-state index in [0.717, 1.165) is 38.9 Å². The van der Waals surface area contributed by atoms with E-state index in [9.17, 15) is 13.2 Å². The van der Waals surface area contributed by atoms with Crippen molar-refractivity contribution in [2.75, 3.05) is 25.1 Å². The molecule has 0 bridgehead atoms. The molecule has 2 rings (SSSR count). The second-order valence-electron chi connectivity index (χ2n) is 4.93. The number of hydrogen-bond acceptors (Lipinski definition) is 4. The number of nitriles is 1. The largest absolute Gasteiger partial charge is 0.481 e. The van der Waals surface area contributed by atoms with Gasteiger partial charge in [-0.15, -0.1) is 0 Å². The first-order valence-electron chi connectivity index (χ1n) is 6.78. The molecule has 7 heteroatoms. The molecule has 1 aliphatic rings. The molecule has 4 nitrogen and oxygen atoms in total. The molecule has 0 saturated carbocycles. The summed E-state index contributed by atoms with van der Waals surface area (Å²) in [4.78, 5) is 5.82. The van der Waals surface area contributed by atoms with Crippen molar-refractivity contribution in [2.45, 2.75) is 31.9 Å². The molecule has 1 aromatic heterocycles. The lowest BCUT2D eigenvalue weighted by Crippen LogP contribution is -2.26. The van der Waals surface area contributed by atoms with Crippen LogP contribution in [-0.2, 0) is 6.18 Å². The summed E-state index contributed by atoms with van der Waals surface area (Å²) in [6, 6.07) is 2.64. The van der Waals surface area contributed by atoms with Crippen molar-refractivity contribution in [3.05, 3.63) is 17.2 Å². The first-order valence-corrected chi connectivity index (χ1v) is 6.78. The van der Waals surface area contributed by atoms with E-state index in [1.807, 2.05) is 11.0 Å². The van der Waals surface area contributed by atoms with Crippen LogP contribution in [0, 0.1) is 11.3 Å². The van der Waals surface area contributed by atoms with Crippen LogP contribution in [0.25, 0.3) is 0 Å². The molecule has 0 amide bonds. The van der Waals surface area contributed by atoms with E-state index >= 15 is 0 Å². The summed E-state index contributed by atoms with van der Waals surface area (Å²) in [5, 5.41) is 9.15. The lowest BCUT2D eigenvalue weighted by molar-refractivity contribution is -0.139. The van der Waals surface area contributed by atoms with Crippen molar-refractivity contribution < 1.29 is 17.9 Å². The topological polar surface area (TPSA) is 49.1 Å². The SMILES string of the molecule is COc1nc(N2CCCCCC2)c(C#N)cc1C(F)(F)F. The van der Waals surface area contributed by atoms with E-state index in [4.69, 9.17) is 10.00 Å². The summed E-state index contributed by atoms with van der Waals surface area (Å²) < 4.78 is 43.6. The maximum Gasteiger partial charge on any atom is 0.421 e. The molecule has 1 aliphatic heterocycles. The molecule has 0 spiro atoms. The summed E-state index contributed by atoms with van der Waals surface area (Å²) in [5.74, 6) is -0.204. The van der Waals surface area contributed by atoms with Crippen LogP contribution in [0.3, 0.4) is 0 Å². The Morgan fingerprint density at radius 2 is 1.86 bits per heavy atom. The fourth-order valence-corrected chi connectivity index (χ4v) is 2.45. The zero-order valence-corrected chi connectivity index (χ0v) is 11.7. The Labute approximate surface area is 121 Å². The van der Waals surface area contributed by atoms with Crippen LogP contribution in [0.4, 0.5) is 19.0 Å². The number of alkyl halides is 3. The van der Waals surface area contributed by atoms with Gasteiger partial charge in [-0.25, -0.2) is 0 Å². The van der Waals surface area contributed by atoms with Crippen LogP contribution < -0.4 is 9.64 Å².